The Hall–Kier alpha value is -2.19. The van der Waals surface area contributed by atoms with Crippen molar-refractivity contribution in [1.29, 1.82) is 0 Å². The van der Waals surface area contributed by atoms with Crippen LogP contribution in [0.4, 0.5) is 5.69 Å². The smallest absolute Gasteiger partial charge is 0.255 e. The first-order valence-electron chi connectivity index (χ1n) is 9.05. The largest absolute Gasteiger partial charge is 0.322 e. The fourth-order valence-electron chi connectivity index (χ4n) is 3.39. The van der Waals surface area contributed by atoms with Gasteiger partial charge in [0.1, 0.15) is 0 Å². The molecule has 1 N–H and O–H groups in total. The normalized spacial score (nSPS) is 15.5. The molecule has 2 aromatic rings. The number of amides is 1. The Labute approximate surface area is 165 Å². The predicted octanol–water partition coefficient (Wildman–Crippen LogP) is 3.37. The second kappa shape index (κ2) is 7.67. The summed E-state index contributed by atoms with van der Waals surface area (Å²) in [4.78, 5) is 12.9. The van der Waals surface area contributed by atoms with E-state index in [2.05, 4.69) is 5.32 Å². The number of nitrogens with one attached hydrogen (secondary N) is 1. The van der Waals surface area contributed by atoms with Crippen molar-refractivity contribution in [2.24, 2.45) is 0 Å². The zero-order chi connectivity index (χ0) is 20.5. The van der Waals surface area contributed by atoms with Crippen LogP contribution in [0, 0.1) is 6.92 Å². The molecular formula is C20H23NO5S2. The number of sulfone groups is 2. The van der Waals surface area contributed by atoms with Crippen molar-refractivity contribution in [3.63, 3.8) is 0 Å². The van der Waals surface area contributed by atoms with Gasteiger partial charge in [0.25, 0.3) is 5.91 Å². The maximum absolute atomic E-state index is 12.6. The zero-order valence-corrected chi connectivity index (χ0v) is 17.4. The van der Waals surface area contributed by atoms with Gasteiger partial charge in [0, 0.05) is 17.5 Å². The number of hydrogen-bond donors (Lipinski definition) is 1. The number of carbonyl (C=O) groups is 1. The molecule has 3 rings (SSSR count). The van der Waals surface area contributed by atoms with E-state index < -0.39 is 25.6 Å². The second-order valence-electron chi connectivity index (χ2n) is 7.18. The SMILES string of the molecule is Cc1ccc(S(C)(=O)=O)cc1C(=O)Nc1ccc(S(=O)(=O)C2CCCC2)cc1. The minimum Gasteiger partial charge on any atom is -0.322 e. The van der Waals surface area contributed by atoms with E-state index >= 15 is 0 Å². The van der Waals surface area contributed by atoms with Crippen LogP contribution in [0.3, 0.4) is 0 Å². The lowest BCUT2D eigenvalue weighted by molar-refractivity contribution is 0.102. The lowest BCUT2D eigenvalue weighted by Gasteiger charge is -2.12. The van der Waals surface area contributed by atoms with Gasteiger partial charge in [0.15, 0.2) is 19.7 Å². The van der Waals surface area contributed by atoms with Crippen molar-refractivity contribution in [3.05, 3.63) is 53.6 Å². The highest BCUT2D eigenvalue weighted by atomic mass is 32.2. The molecule has 0 aliphatic heterocycles. The maximum Gasteiger partial charge on any atom is 0.255 e. The first-order valence-corrected chi connectivity index (χ1v) is 12.5. The van der Waals surface area contributed by atoms with Crippen molar-refractivity contribution in [3.8, 4) is 0 Å². The van der Waals surface area contributed by atoms with Crippen molar-refractivity contribution in [1.82, 2.24) is 0 Å². The number of anilines is 1. The molecule has 0 spiro atoms. The third-order valence-corrected chi connectivity index (χ3v) is 8.45. The summed E-state index contributed by atoms with van der Waals surface area (Å²) in [5.41, 5.74) is 1.34. The third-order valence-electron chi connectivity index (χ3n) is 5.06. The molecule has 0 saturated heterocycles. The molecule has 0 atom stereocenters. The summed E-state index contributed by atoms with van der Waals surface area (Å²) in [6.45, 7) is 1.72. The molecule has 6 nitrogen and oxygen atoms in total. The van der Waals surface area contributed by atoms with E-state index in [1.807, 2.05) is 0 Å². The summed E-state index contributed by atoms with van der Waals surface area (Å²) < 4.78 is 48.7. The molecule has 1 fully saturated rings. The molecule has 28 heavy (non-hydrogen) atoms. The molecule has 0 unspecified atom stereocenters. The quantitative estimate of drug-likeness (QED) is 0.798. The Kier molecular flexibility index (Phi) is 5.63. The van der Waals surface area contributed by atoms with E-state index in [0.29, 0.717) is 24.1 Å². The lowest BCUT2D eigenvalue weighted by Crippen LogP contribution is -2.18. The van der Waals surface area contributed by atoms with Crippen LogP contribution in [0.1, 0.15) is 41.6 Å². The predicted molar refractivity (Wildman–Crippen MR) is 108 cm³/mol. The number of benzene rings is 2. The Bertz CT molecular complexity index is 1100. The topological polar surface area (TPSA) is 97.4 Å². The standard InChI is InChI=1S/C20H23NO5S2/c1-14-7-10-18(27(2,23)24)13-19(14)20(22)21-15-8-11-17(12-9-15)28(25,26)16-5-3-4-6-16/h7-13,16H,3-6H2,1-2H3,(H,21,22). The van der Waals surface area contributed by atoms with E-state index in [-0.39, 0.29) is 20.6 Å². The van der Waals surface area contributed by atoms with Crippen LogP contribution in [-0.4, -0.2) is 34.2 Å². The molecule has 150 valence electrons. The fourth-order valence-corrected chi connectivity index (χ4v) is 5.90. The van der Waals surface area contributed by atoms with Gasteiger partial charge in [-0.3, -0.25) is 4.79 Å². The highest BCUT2D eigenvalue weighted by Crippen LogP contribution is 2.30. The van der Waals surface area contributed by atoms with Crippen LogP contribution in [0.15, 0.2) is 52.3 Å². The highest BCUT2D eigenvalue weighted by molar-refractivity contribution is 7.92. The van der Waals surface area contributed by atoms with Gasteiger partial charge < -0.3 is 5.32 Å². The second-order valence-corrected chi connectivity index (χ2v) is 11.4. The highest BCUT2D eigenvalue weighted by Gasteiger charge is 2.30. The van der Waals surface area contributed by atoms with Gasteiger partial charge in [-0.2, -0.15) is 0 Å². The van der Waals surface area contributed by atoms with E-state index in [0.717, 1.165) is 19.1 Å². The molecule has 2 aromatic carbocycles. The third kappa shape index (κ3) is 4.28. The van der Waals surface area contributed by atoms with Crippen molar-refractivity contribution in [2.75, 3.05) is 11.6 Å². The molecule has 0 bridgehead atoms. The summed E-state index contributed by atoms with van der Waals surface area (Å²) in [6.07, 6.45) is 4.34. The van der Waals surface area contributed by atoms with Crippen molar-refractivity contribution < 1.29 is 21.6 Å². The molecule has 1 amide bonds. The molecule has 1 saturated carbocycles. The Morgan fingerprint density at radius 3 is 2.07 bits per heavy atom. The number of aryl methyl sites for hydroxylation is 1. The summed E-state index contributed by atoms with van der Waals surface area (Å²) in [7, 11) is -6.77. The van der Waals surface area contributed by atoms with E-state index in [4.69, 9.17) is 0 Å². The molecule has 1 aliphatic rings. The molecule has 1 aliphatic carbocycles. The van der Waals surface area contributed by atoms with E-state index in [1.54, 1.807) is 25.1 Å². The number of hydrogen-bond acceptors (Lipinski definition) is 5. The van der Waals surface area contributed by atoms with Gasteiger partial charge in [-0.05, 0) is 61.7 Å². The Morgan fingerprint density at radius 2 is 1.50 bits per heavy atom. The average molecular weight is 422 g/mol. The van der Waals surface area contributed by atoms with Crippen LogP contribution in [0.25, 0.3) is 0 Å². The molecule has 0 radical (unpaired) electrons. The van der Waals surface area contributed by atoms with Gasteiger partial charge in [-0.15, -0.1) is 0 Å². The van der Waals surface area contributed by atoms with Gasteiger partial charge in [-0.1, -0.05) is 18.9 Å². The number of rotatable bonds is 5. The minimum atomic E-state index is -3.43. The van der Waals surface area contributed by atoms with Crippen LogP contribution in [0.5, 0.6) is 0 Å². The molecule has 0 heterocycles. The van der Waals surface area contributed by atoms with E-state index in [9.17, 15) is 21.6 Å². The minimum absolute atomic E-state index is 0.0706. The lowest BCUT2D eigenvalue weighted by atomic mass is 10.1. The Balaban J connectivity index is 1.80. The molecule has 0 aromatic heterocycles. The van der Waals surface area contributed by atoms with Gasteiger partial charge in [0.05, 0.1) is 15.0 Å². The van der Waals surface area contributed by atoms with Crippen LogP contribution < -0.4 is 5.32 Å². The summed E-state index contributed by atoms with van der Waals surface area (Å²) >= 11 is 0. The maximum atomic E-state index is 12.6. The van der Waals surface area contributed by atoms with Crippen molar-refractivity contribution in [2.45, 2.75) is 47.6 Å². The van der Waals surface area contributed by atoms with Gasteiger partial charge >= 0.3 is 0 Å². The average Bonchev–Trinajstić information content (AvgIpc) is 3.17. The summed E-state index contributed by atoms with van der Waals surface area (Å²) in [6, 6.07) is 10.5. The van der Waals surface area contributed by atoms with Crippen LogP contribution >= 0.6 is 0 Å². The monoisotopic (exact) mass is 421 g/mol. The van der Waals surface area contributed by atoms with E-state index in [1.165, 1.54) is 24.3 Å². The van der Waals surface area contributed by atoms with Crippen LogP contribution in [0.2, 0.25) is 0 Å². The first-order chi connectivity index (χ1) is 13.1. The summed E-state index contributed by atoms with van der Waals surface area (Å²) in [5, 5.41) is 2.37. The summed E-state index contributed by atoms with van der Waals surface area (Å²) in [5.74, 6) is -0.450. The van der Waals surface area contributed by atoms with Crippen LogP contribution in [-0.2, 0) is 19.7 Å². The molecular weight excluding hydrogens is 398 g/mol. The zero-order valence-electron chi connectivity index (χ0n) is 15.8. The van der Waals surface area contributed by atoms with Gasteiger partial charge in [-0.25, -0.2) is 16.8 Å². The van der Waals surface area contributed by atoms with Crippen molar-refractivity contribution >= 4 is 31.3 Å². The number of carbonyl (C=O) groups excluding carboxylic acids is 1. The van der Waals surface area contributed by atoms with Gasteiger partial charge in [0.2, 0.25) is 0 Å². The fraction of sp³-hybridized carbons (Fsp3) is 0.350. The first kappa shape index (κ1) is 20.5. The Morgan fingerprint density at radius 1 is 0.929 bits per heavy atom. The molecule has 8 heteroatoms.